The Morgan fingerprint density at radius 2 is 2.00 bits per heavy atom. The van der Waals surface area contributed by atoms with Crippen molar-refractivity contribution in [2.75, 3.05) is 32.8 Å². The second-order valence-corrected chi connectivity index (χ2v) is 6.34. The van der Waals surface area contributed by atoms with Crippen molar-refractivity contribution < 1.29 is 4.74 Å². The maximum atomic E-state index is 5.70. The van der Waals surface area contributed by atoms with Gasteiger partial charge in [0.2, 0.25) is 0 Å². The molecule has 0 aromatic heterocycles. The van der Waals surface area contributed by atoms with Gasteiger partial charge in [-0.15, -0.1) is 0 Å². The lowest BCUT2D eigenvalue weighted by Crippen LogP contribution is -2.45. The highest BCUT2D eigenvalue weighted by molar-refractivity contribution is 4.85. The van der Waals surface area contributed by atoms with Crippen LogP contribution in [0, 0.1) is 5.92 Å². The second-order valence-electron chi connectivity index (χ2n) is 6.34. The highest BCUT2D eigenvalue weighted by Crippen LogP contribution is 2.27. The van der Waals surface area contributed by atoms with Crippen LogP contribution in [0.5, 0.6) is 0 Å². The fraction of sp³-hybridized carbons (Fsp3) is 1.00. The van der Waals surface area contributed by atoms with Gasteiger partial charge in [0.05, 0.1) is 6.10 Å². The monoisotopic (exact) mass is 268 g/mol. The highest BCUT2D eigenvalue weighted by Gasteiger charge is 2.27. The predicted molar refractivity (Wildman–Crippen MR) is 80.5 cm³/mol. The molecule has 19 heavy (non-hydrogen) atoms. The third-order valence-electron chi connectivity index (χ3n) is 4.70. The Hall–Kier alpha value is -0.120. The number of ether oxygens (including phenoxy) is 1. The smallest absolute Gasteiger partial charge is 0.0673 e. The van der Waals surface area contributed by atoms with Crippen LogP contribution in [0.3, 0.4) is 0 Å². The van der Waals surface area contributed by atoms with Gasteiger partial charge in [-0.3, -0.25) is 4.90 Å². The lowest BCUT2D eigenvalue weighted by atomic mass is 9.83. The van der Waals surface area contributed by atoms with Gasteiger partial charge in [-0.1, -0.05) is 19.3 Å². The first-order chi connectivity index (χ1) is 9.29. The summed E-state index contributed by atoms with van der Waals surface area (Å²) >= 11 is 0. The summed E-state index contributed by atoms with van der Waals surface area (Å²) in [5.41, 5.74) is 0. The molecule has 0 bridgehead atoms. The van der Waals surface area contributed by atoms with Crippen molar-refractivity contribution in [3.8, 4) is 0 Å². The van der Waals surface area contributed by atoms with Crippen LogP contribution in [-0.4, -0.2) is 49.8 Å². The van der Waals surface area contributed by atoms with E-state index in [1.807, 2.05) is 0 Å². The summed E-state index contributed by atoms with van der Waals surface area (Å²) in [5.74, 6) is 0.914. The Balaban J connectivity index is 1.83. The molecular weight excluding hydrogens is 236 g/mol. The van der Waals surface area contributed by atoms with E-state index in [1.165, 1.54) is 58.2 Å². The summed E-state index contributed by atoms with van der Waals surface area (Å²) < 4.78 is 5.70. The Kier molecular flexibility index (Phi) is 6.62. The average molecular weight is 268 g/mol. The Morgan fingerprint density at radius 1 is 1.21 bits per heavy atom. The Bertz CT molecular complexity index is 241. The van der Waals surface area contributed by atoms with Crippen molar-refractivity contribution in [2.45, 2.75) is 64.5 Å². The fourth-order valence-corrected chi connectivity index (χ4v) is 3.74. The molecular formula is C16H32N2O. The molecule has 1 saturated carbocycles. The quantitative estimate of drug-likeness (QED) is 0.829. The van der Waals surface area contributed by atoms with Gasteiger partial charge in [-0.05, 0) is 52.1 Å². The molecule has 0 radical (unpaired) electrons. The van der Waals surface area contributed by atoms with Gasteiger partial charge in [0.1, 0.15) is 0 Å². The van der Waals surface area contributed by atoms with Crippen molar-refractivity contribution in [2.24, 2.45) is 5.92 Å². The molecule has 0 aromatic rings. The van der Waals surface area contributed by atoms with Gasteiger partial charge in [-0.2, -0.15) is 0 Å². The molecule has 2 fully saturated rings. The summed E-state index contributed by atoms with van der Waals surface area (Å²) in [5, 5.41) is 3.80. The van der Waals surface area contributed by atoms with E-state index in [0.717, 1.165) is 25.1 Å². The van der Waals surface area contributed by atoms with Crippen molar-refractivity contribution >= 4 is 0 Å². The summed E-state index contributed by atoms with van der Waals surface area (Å²) in [7, 11) is 0. The van der Waals surface area contributed by atoms with Crippen LogP contribution in [0.4, 0.5) is 0 Å². The molecule has 0 spiro atoms. The third-order valence-corrected chi connectivity index (χ3v) is 4.70. The lowest BCUT2D eigenvalue weighted by Gasteiger charge is -2.33. The fourth-order valence-electron chi connectivity index (χ4n) is 3.74. The Morgan fingerprint density at radius 3 is 2.74 bits per heavy atom. The first-order valence-electron chi connectivity index (χ1n) is 8.37. The minimum atomic E-state index is 0.370. The van der Waals surface area contributed by atoms with Gasteiger partial charge in [0.25, 0.3) is 0 Å². The molecule has 112 valence electrons. The van der Waals surface area contributed by atoms with Crippen LogP contribution in [-0.2, 0) is 4.74 Å². The molecule has 2 rings (SSSR count). The summed E-state index contributed by atoms with van der Waals surface area (Å²) in [6.45, 7) is 9.87. The SMILES string of the molecule is CCOC(C)CN1CCCNC(C2CCCCC2)C1. The van der Waals surface area contributed by atoms with E-state index >= 15 is 0 Å². The zero-order valence-electron chi connectivity index (χ0n) is 12.9. The zero-order valence-corrected chi connectivity index (χ0v) is 12.9. The second kappa shape index (κ2) is 8.23. The Labute approximate surface area is 119 Å². The maximum absolute atomic E-state index is 5.70. The minimum absolute atomic E-state index is 0.370. The van der Waals surface area contributed by atoms with Gasteiger partial charge in [0.15, 0.2) is 0 Å². The molecule has 3 nitrogen and oxygen atoms in total. The van der Waals surface area contributed by atoms with Crippen molar-refractivity contribution in [3.63, 3.8) is 0 Å². The van der Waals surface area contributed by atoms with E-state index in [9.17, 15) is 0 Å². The molecule has 2 aliphatic rings. The number of rotatable bonds is 5. The predicted octanol–water partition coefficient (Wildman–Crippen LogP) is 2.66. The summed E-state index contributed by atoms with van der Waals surface area (Å²) in [4.78, 5) is 2.62. The van der Waals surface area contributed by atoms with Gasteiger partial charge in [0, 0.05) is 25.7 Å². The van der Waals surface area contributed by atoms with Gasteiger partial charge in [-0.25, -0.2) is 0 Å². The van der Waals surface area contributed by atoms with E-state index in [1.54, 1.807) is 0 Å². The lowest BCUT2D eigenvalue weighted by molar-refractivity contribution is 0.0430. The topological polar surface area (TPSA) is 24.5 Å². The number of nitrogens with one attached hydrogen (secondary N) is 1. The number of nitrogens with zero attached hydrogens (tertiary/aromatic N) is 1. The highest BCUT2D eigenvalue weighted by atomic mass is 16.5. The van der Waals surface area contributed by atoms with E-state index in [4.69, 9.17) is 4.74 Å². The molecule has 2 atom stereocenters. The van der Waals surface area contributed by atoms with E-state index in [-0.39, 0.29) is 0 Å². The third kappa shape index (κ3) is 5.05. The van der Waals surface area contributed by atoms with Crippen molar-refractivity contribution in [3.05, 3.63) is 0 Å². The molecule has 3 heteroatoms. The maximum Gasteiger partial charge on any atom is 0.0673 e. The van der Waals surface area contributed by atoms with Crippen LogP contribution in [0.1, 0.15) is 52.4 Å². The van der Waals surface area contributed by atoms with Crippen molar-refractivity contribution in [1.82, 2.24) is 10.2 Å². The molecule has 2 unspecified atom stereocenters. The van der Waals surface area contributed by atoms with E-state index in [0.29, 0.717) is 6.10 Å². The average Bonchev–Trinajstić information content (AvgIpc) is 2.65. The van der Waals surface area contributed by atoms with Crippen LogP contribution >= 0.6 is 0 Å². The van der Waals surface area contributed by atoms with Crippen LogP contribution in [0.15, 0.2) is 0 Å². The molecule has 1 heterocycles. The normalized spacial score (nSPS) is 29.1. The molecule has 1 aliphatic heterocycles. The summed E-state index contributed by atoms with van der Waals surface area (Å²) in [6.07, 6.45) is 8.86. The summed E-state index contributed by atoms with van der Waals surface area (Å²) in [6, 6.07) is 0.719. The minimum Gasteiger partial charge on any atom is -0.377 e. The number of hydrogen-bond donors (Lipinski definition) is 1. The molecule has 1 saturated heterocycles. The number of hydrogen-bond acceptors (Lipinski definition) is 3. The standard InChI is InChI=1S/C16H32N2O/c1-3-19-14(2)12-18-11-7-10-17-16(13-18)15-8-5-4-6-9-15/h14-17H,3-13H2,1-2H3. The van der Waals surface area contributed by atoms with Crippen LogP contribution < -0.4 is 5.32 Å². The van der Waals surface area contributed by atoms with Crippen LogP contribution in [0.25, 0.3) is 0 Å². The van der Waals surface area contributed by atoms with Gasteiger partial charge >= 0.3 is 0 Å². The molecule has 1 N–H and O–H groups in total. The molecule has 0 amide bonds. The zero-order chi connectivity index (χ0) is 13.5. The van der Waals surface area contributed by atoms with Crippen LogP contribution in [0.2, 0.25) is 0 Å². The van der Waals surface area contributed by atoms with Gasteiger partial charge < -0.3 is 10.1 Å². The first kappa shape index (κ1) is 15.3. The van der Waals surface area contributed by atoms with Crippen molar-refractivity contribution in [1.29, 1.82) is 0 Å². The molecule has 0 aromatic carbocycles. The first-order valence-corrected chi connectivity index (χ1v) is 8.37. The van der Waals surface area contributed by atoms with E-state index in [2.05, 4.69) is 24.1 Å². The largest absolute Gasteiger partial charge is 0.377 e. The molecule has 1 aliphatic carbocycles. The van der Waals surface area contributed by atoms with E-state index < -0.39 is 0 Å².